The first kappa shape index (κ1) is 14.4. The maximum atomic E-state index is 11.7. The molecule has 1 aliphatic rings. The third kappa shape index (κ3) is 3.12. The van der Waals surface area contributed by atoms with Crippen molar-refractivity contribution in [2.45, 2.75) is 44.8 Å². The molecule has 0 spiro atoms. The van der Waals surface area contributed by atoms with Gasteiger partial charge in [-0.15, -0.1) is 0 Å². The average molecular weight is 281 g/mol. The summed E-state index contributed by atoms with van der Waals surface area (Å²) in [6, 6.07) is 3.15. The molecule has 0 radical (unpaired) electrons. The van der Waals surface area contributed by atoms with Gasteiger partial charge in [0.1, 0.15) is 11.4 Å². The molecule has 3 atom stereocenters. The van der Waals surface area contributed by atoms with Crippen LogP contribution in [0.1, 0.15) is 38.9 Å². The van der Waals surface area contributed by atoms with Gasteiger partial charge in [0.25, 0.3) is 0 Å². The van der Waals surface area contributed by atoms with E-state index in [0.29, 0.717) is 12.2 Å². The van der Waals surface area contributed by atoms with E-state index in [4.69, 9.17) is 14.3 Å². The number of carboxylic acids is 1. The molecule has 6 nitrogen and oxygen atoms in total. The van der Waals surface area contributed by atoms with Crippen molar-refractivity contribution >= 4 is 12.1 Å². The Morgan fingerprint density at radius 2 is 2.15 bits per heavy atom. The lowest BCUT2D eigenvalue weighted by Crippen LogP contribution is -2.54. The fourth-order valence-corrected chi connectivity index (χ4v) is 2.39. The van der Waals surface area contributed by atoms with Gasteiger partial charge >= 0.3 is 12.1 Å². The van der Waals surface area contributed by atoms with Gasteiger partial charge in [0.2, 0.25) is 0 Å². The Hall–Kier alpha value is -1.98. The molecule has 1 aliphatic carbocycles. The number of carboxylic acid groups (broad SMARTS) is 1. The Morgan fingerprint density at radius 3 is 2.65 bits per heavy atom. The molecule has 2 N–H and O–H groups in total. The lowest BCUT2D eigenvalue weighted by atomic mass is 9.68. The number of nitrogens with one attached hydrogen (secondary N) is 1. The molecule has 1 aromatic heterocycles. The molecular weight excluding hydrogens is 262 g/mol. The van der Waals surface area contributed by atoms with Gasteiger partial charge in [-0.3, -0.25) is 4.79 Å². The van der Waals surface area contributed by atoms with Crippen LogP contribution in [0.25, 0.3) is 0 Å². The number of aliphatic carboxylic acids is 1. The normalized spacial score (nSPS) is 25.6. The van der Waals surface area contributed by atoms with Gasteiger partial charge in [0.05, 0.1) is 18.1 Å². The highest BCUT2D eigenvalue weighted by molar-refractivity contribution is 5.75. The average Bonchev–Trinajstić information content (AvgIpc) is 2.73. The lowest BCUT2D eigenvalue weighted by Gasteiger charge is -2.41. The monoisotopic (exact) mass is 281 g/mol. The summed E-state index contributed by atoms with van der Waals surface area (Å²) in [4.78, 5) is 22.9. The minimum Gasteiger partial charge on any atom is -0.481 e. The van der Waals surface area contributed by atoms with Crippen LogP contribution < -0.4 is 5.32 Å². The van der Waals surface area contributed by atoms with Gasteiger partial charge in [0.15, 0.2) is 0 Å². The smallest absolute Gasteiger partial charge is 0.407 e. The van der Waals surface area contributed by atoms with Crippen LogP contribution in [0, 0.1) is 5.92 Å². The summed E-state index contributed by atoms with van der Waals surface area (Å²) in [6.45, 7) is 5.33. The Morgan fingerprint density at radius 1 is 1.45 bits per heavy atom. The van der Waals surface area contributed by atoms with Crippen LogP contribution >= 0.6 is 0 Å². The van der Waals surface area contributed by atoms with E-state index in [1.807, 2.05) is 0 Å². The Kier molecular flexibility index (Phi) is 3.74. The lowest BCUT2D eigenvalue weighted by molar-refractivity contribution is -0.147. The van der Waals surface area contributed by atoms with Crippen molar-refractivity contribution in [1.29, 1.82) is 0 Å². The Bertz CT molecular complexity index is 488. The number of rotatable bonds is 3. The van der Waals surface area contributed by atoms with E-state index in [2.05, 4.69) is 5.32 Å². The second-order valence-corrected chi connectivity index (χ2v) is 5.97. The van der Waals surface area contributed by atoms with Crippen LogP contribution in [-0.4, -0.2) is 28.8 Å². The Balaban J connectivity index is 2.02. The molecule has 20 heavy (non-hydrogen) atoms. The molecule has 3 unspecified atom stereocenters. The first-order valence-corrected chi connectivity index (χ1v) is 6.53. The van der Waals surface area contributed by atoms with Crippen LogP contribution in [0.5, 0.6) is 0 Å². The van der Waals surface area contributed by atoms with E-state index in [1.165, 1.54) is 6.26 Å². The zero-order chi connectivity index (χ0) is 14.9. The van der Waals surface area contributed by atoms with Crippen molar-refractivity contribution in [3.8, 4) is 0 Å². The minimum absolute atomic E-state index is 0.280. The topological polar surface area (TPSA) is 88.8 Å². The number of hydrogen-bond donors (Lipinski definition) is 2. The molecule has 110 valence electrons. The molecule has 0 aliphatic heterocycles. The molecule has 2 rings (SSSR count). The van der Waals surface area contributed by atoms with Crippen molar-refractivity contribution in [1.82, 2.24) is 5.32 Å². The molecule has 1 fully saturated rings. The highest BCUT2D eigenvalue weighted by atomic mass is 16.6. The Labute approximate surface area is 117 Å². The molecule has 6 heteroatoms. The zero-order valence-corrected chi connectivity index (χ0v) is 11.8. The van der Waals surface area contributed by atoms with Crippen LogP contribution in [0.3, 0.4) is 0 Å². The first-order valence-electron chi connectivity index (χ1n) is 6.53. The zero-order valence-electron chi connectivity index (χ0n) is 11.8. The third-order valence-corrected chi connectivity index (χ3v) is 3.27. The molecule has 1 aromatic rings. The summed E-state index contributed by atoms with van der Waals surface area (Å²) in [5.41, 5.74) is -0.583. The molecule has 0 aromatic carbocycles. The second kappa shape index (κ2) is 5.19. The van der Waals surface area contributed by atoms with E-state index in [-0.39, 0.29) is 12.0 Å². The number of carbonyl (C=O) groups is 2. The predicted molar refractivity (Wildman–Crippen MR) is 70.3 cm³/mol. The van der Waals surface area contributed by atoms with Crippen molar-refractivity contribution in [2.24, 2.45) is 5.92 Å². The predicted octanol–water partition coefficient (Wildman–Crippen LogP) is 2.36. The first-order chi connectivity index (χ1) is 9.28. The van der Waals surface area contributed by atoms with Crippen molar-refractivity contribution in [3.63, 3.8) is 0 Å². The van der Waals surface area contributed by atoms with Crippen LogP contribution in [-0.2, 0) is 9.53 Å². The van der Waals surface area contributed by atoms with Gasteiger partial charge in [-0.25, -0.2) is 4.79 Å². The van der Waals surface area contributed by atoms with Gasteiger partial charge in [-0.1, -0.05) is 0 Å². The molecule has 1 saturated carbocycles. The highest BCUT2D eigenvalue weighted by Crippen LogP contribution is 2.43. The van der Waals surface area contributed by atoms with Crippen molar-refractivity contribution in [2.75, 3.05) is 0 Å². The van der Waals surface area contributed by atoms with E-state index in [9.17, 15) is 9.59 Å². The maximum absolute atomic E-state index is 11.7. The largest absolute Gasteiger partial charge is 0.481 e. The number of hydrogen-bond acceptors (Lipinski definition) is 4. The second-order valence-electron chi connectivity index (χ2n) is 5.97. The number of alkyl carbamates (subject to hydrolysis) is 1. The molecule has 1 amide bonds. The van der Waals surface area contributed by atoms with Crippen molar-refractivity contribution < 1.29 is 23.8 Å². The van der Waals surface area contributed by atoms with Gasteiger partial charge < -0.3 is 19.6 Å². The summed E-state index contributed by atoms with van der Waals surface area (Å²) in [5.74, 6) is -1.20. The standard InChI is InChI=1S/C14H19NO5/c1-14(2,3)20-13(18)15-9-7-8(12(16)17)11(9)10-5-4-6-19-10/h4-6,8-9,11H,7H2,1-3H3,(H,15,18)(H,16,17). The summed E-state index contributed by atoms with van der Waals surface area (Å²) < 4.78 is 10.5. The summed E-state index contributed by atoms with van der Waals surface area (Å²) in [6.07, 6.45) is 1.33. The van der Waals surface area contributed by atoms with Crippen LogP contribution in [0.2, 0.25) is 0 Å². The molecule has 0 saturated heterocycles. The highest BCUT2D eigenvalue weighted by Gasteiger charge is 2.48. The molecule has 0 bridgehead atoms. The van der Waals surface area contributed by atoms with E-state index < -0.39 is 23.6 Å². The fourth-order valence-electron chi connectivity index (χ4n) is 2.39. The summed E-state index contributed by atoms with van der Waals surface area (Å²) in [7, 11) is 0. The van der Waals surface area contributed by atoms with E-state index in [1.54, 1.807) is 32.9 Å². The van der Waals surface area contributed by atoms with Crippen molar-refractivity contribution in [3.05, 3.63) is 24.2 Å². The van der Waals surface area contributed by atoms with Gasteiger partial charge in [-0.2, -0.15) is 0 Å². The summed E-state index contributed by atoms with van der Waals surface area (Å²) >= 11 is 0. The molecule has 1 heterocycles. The number of furan rings is 1. The number of amides is 1. The third-order valence-electron chi connectivity index (χ3n) is 3.27. The SMILES string of the molecule is CC(C)(C)OC(=O)NC1CC(C(=O)O)C1c1ccco1. The van der Waals surface area contributed by atoms with Gasteiger partial charge in [0, 0.05) is 6.04 Å². The molecular formula is C14H19NO5. The maximum Gasteiger partial charge on any atom is 0.407 e. The quantitative estimate of drug-likeness (QED) is 0.887. The number of ether oxygens (including phenoxy) is 1. The summed E-state index contributed by atoms with van der Waals surface area (Å²) in [5, 5.41) is 11.9. The van der Waals surface area contributed by atoms with E-state index >= 15 is 0 Å². The minimum atomic E-state index is -0.881. The van der Waals surface area contributed by atoms with Gasteiger partial charge in [-0.05, 0) is 39.3 Å². The van der Waals surface area contributed by atoms with Crippen LogP contribution in [0.4, 0.5) is 4.79 Å². The number of carbonyl (C=O) groups excluding carboxylic acids is 1. The van der Waals surface area contributed by atoms with Crippen LogP contribution in [0.15, 0.2) is 22.8 Å². The fraction of sp³-hybridized carbons (Fsp3) is 0.571. The van der Waals surface area contributed by atoms with E-state index in [0.717, 1.165) is 0 Å².